The van der Waals surface area contributed by atoms with Gasteiger partial charge in [-0.15, -0.1) is 11.3 Å². The highest BCUT2D eigenvalue weighted by Crippen LogP contribution is 2.42. The van der Waals surface area contributed by atoms with Gasteiger partial charge in [0.05, 0.1) is 23.2 Å². The van der Waals surface area contributed by atoms with Gasteiger partial charge in [-0.3, -0.25) is 4.79 Å². The maximum Gasteiger partial charge on any atom is 0.298 e. The molecule has 2 unspecified atom stereocenters. The van der Waals surface area contributed by atoms with Gasteiger partial charge in [0.15, 0.2) is 5.95 Å². The van der Waals surface area contributed by atoms with Crippen LogP contribution in [-0.4, -0.2) is 23.5 Å². The minimum atomic E-state index is -0.617. The van der Waals surface area contributed by atoms with Crippen LogP contribution in [0, 0.1) is 11.3 Å². The van der Waals surface area contributed by atoms with Gasteiger partial charge < -0.3 is 19.7 Å². The zero-order valence-corrected chi connectivity index (χ0v) is 22.6. The second-order valence-corrected chi connectivity index (χ2v) is 11.2. The first kappa shape index (κ1) is 25.8. The van der Waals surface area contributed by atoms with Crippen molar-refractivity contribution >= 4 is 34.0 Å². The maximum atomic E-state index is 13.4. The summed E-state index contributed by atoms with van der Waals surface area (Å²) in [5.41, 5.74) is 3.50. The number of carbonyl (C=O) groups excluding carboxylic acids is 1. The molecular formula is C28H26N4O4S2. The third-order valence-electron chi connectivity index (χ3n) is 6.69. The van der Waals surface area contributed by atoms with Crippen LogP contribution in [0.2, 0.25) is 0 Å². The van der Waals surface area contributed by atoms with Crippen molar-refractivity contribution in [2.75, 3.05) is 12.4 Å². The molecule has 2 atom stereocenters. The molecule has 1 N–H and O–H groups in total. The lowest BCUT2D eigenvalue weighted by Gasteiger charge is -2.22. The number of nitrogens with zero attached hydrogens (tertiary/aromatic N) is 3. The van der Waals surface area contributed by atoms with E-state index < -0.39 is 11.2 Å². The predicted molar refractivity (Wildman–Crippen MR) is 143 cm³/mol. The van der Waals surface area contributed by atoms with Crippen molar-refractivity contribution in [2.24, 2.45) is 0 Å². The van der Waals surface area contributed by atoms with Crippen molar-refractivity contribution in [3.05, 3.63) is 76.2 Å². The molecular weight excluding hydrogens is 520 g/mol. The molecule has 2 aromatic carbocycles. The van der Waals surface area contributed by atoms with Crippen molar-refractivity contribution in [1.29, 1.82) is 5.26 Å². The molecule has 2 heterocycles. The first-order valence-electron chi connectivity index (χ1n) is 12.3. The Labute approximate surface area is 228 Å². The number of carbonyl (C=O) groups is 1. The number of nitrogens with one attached hydrogen (secondary N) is 1. The lowest BCUT2D eigenvalue weighted by atomic mass is 9.83. The number of ether oxygens (including phenoxy) is 1. The number of fused-ring (bicyclic) bond motifs is 1. The van der Waals surface area contributed by atoms with Crippen LogP contribution in [0.25, 0.3) is 5.69 Å². The van der Waals surface area contributed by atoms with Gasteiger partial charge in [-0.05, 0) is 71.3 Å². The molecule has 4 aromatic rings. The normalized spacial score (nSPS) is 15.3. The quantitative estimate of drug-likeness (QED) is 0.251. The van der Waals surface area contributed by atoms with Crippen molar-refractivity contribution < 1.29 is 23.8 Å². The highest BCUT2D eigenvalue weighted by atomic mass is 32.2. The summed E-state index contributed by atoms with van der Waals surface area (Å²) < 4.78 is 11.5. The summed E-state index contributed by atoms with van der Waals surface area (Å²) in [6.45, 7) is 1.88. The number of hydrogen-bond acceptors (Lipinski definition) is 8. The van der Waals surface area contributed by atoms with E-state index in [4.69, 9.17) is 9.26 Å². The fraction of sp³-hybridized carbons (Fsp3) is 0.286. The molecule has 8 nitrogen and oxygen atoms in total. The number of amides is 1. The van der Waals surface area contributed by atoms with E-state index in [1.807, 2.05) is 13.0 Å². The molecule has 0 bridgehead atoms. The van der Waals surface area contributed by atoms with Gasteiger partial charge in [-0.1, -0.05) is 37.3 Å². The largest absolute Gasteiger partial charge is 0.538 e. The SMILES string of the molecule is CCC(Sc1c([O-])on[n+]1-c1ccc(OC)cc1)C(=O)Nc1sc2c(c1C#N)CCC(c1ccccc1)C2. The van der Waals surface area contributed by atoms with E-state index in [0.29, 0.717) is 34.3 Å². The Morgan fingerprint density at radius 1 is 1.32 bits per heavy atom. The van der Waals surface area contributed by atoms with E-state index in [0.717, 1.165) is 41.5 Å². The molecule has 38 heavy (non-hydrogen) atoms. The van der Waals surface area contributed by atoms with Crippen LogP contribution in [0.1, 0.15) is 47.3 Å². The number of methoxy groups -OCH3 is 1. The van der Waals surface area contributed by atoms with E-state index in [1.54, 1.807) is 31.4 Å². The molecule has 10 heteroatoms. The predicted octanol–water partition coefficient (Wildman–Crippen LogP) is 4.75. The number of thiophene rings is 1. The Balaban J connectivity index is 1.34. The van der Waals surface area contributed by atoms with Gasteiger partial charge in [0, 0.05) is 17.0 Å². The molecule has 5 rings (SSSR count). The lowest BCUT2D eigenvalue weighted by molar-refractivity contribution is -0.705. The molecule has 1 aliphatic carbocycles. The molecule has 0 saturated heterocycles. The Hall–Kier alpha value is -3.81. The number of aromatic nitrogens is 2. The second-order valence-electron chi connectivity index (χ2n) is 8.95. The van der Waals surface area contributed by atoms with Crippen molar-refractivity contribution in [3.8, 4) is 23.5 Å². The van der Waals surface area contributed by atoms with E-state index in [1.165, 1.54) is 21.6 Å². The topological polar surface area (TPSA) is 115 Å². The fourth-order valence-corrected chi connectivity index (χ4v) is 6.93. The smallest absolute Gasteiger partial charge is 0.298 e. The van der Waals surface area contributed by atoms with Gasteiger partial charge in [-0.2, -0.15) is 5.26 Å². The summed E-state index contributed by atoms with van der Waals surface area (Å²) in [5.74, 6) is 0.179. The van der Waals surface area contributed by atoms with Crippen LogP contribution in [0.4, 0.5) is 5.00 Å². The minimum absolute atomic E-state index is 0.203. The summed E-state index contributed by atoms with van der Waals surface area (Å²) in [6, 6.07) is 19.7. The maximum absolute atomic E-state index is 13.4. The summed E-state index contributed by atoms with van der Waals surface area (Å²) in [7, 11) is 1.57. The number of rotatable bonds is 8. The van der Waals surface area contributed by atoms with Gasteiger partial charge >= 0.3 is 0 Å². The fourth-order valence-electron chi connectivity index (χ4n) is 4.68. The van der Waals surface area contributed by atoms with Gasteiger partial charge in [0.25, 0.3) is 5.03 Å². The highest BCUT2D eigenvalue weighted by molar-refractivity contribution is 8.00. The molecule has 194 valence electrons. The number of benzene rings is 2. The summed E-state index contributed by atoms with van der Waals surface area (Å²) in [4.78, 5) is 14.5. The molecule has 2 aromatic heterocycles. The number of anilines is 1. The Kier molecular flexibility index (Phi) is 7.67. The second kappa shape index (κ2) is 11.3. The molecule has 0 spiro atoms. The average molecular weight is 547 g/mol. The minimum Gasteiger partial charge on any atom is -0.538 e. The first-order chi connectivity index (χ1) is 18.5. The molecule has 0 radical (unpaired) electrons. The zero-order chi connectivity index (χ0) is 26.6. The lowest BCUT2D eigenvalue weighted by Crippen LogP contribution is -2.36. The van der Waals surface area contributed by atoms with Crippen molar-refractivity contribution in [2.45, 2.75) is 48.8 Å². The Morgan fingerprint density at radius 2 is 2.08 bits per heavy atom. The standard InChI is InChI=1S/C28H26N4O4S2/c1-3-23(38-27-28(34)36-31-32(27)19-10-12-20(35-2)13-11-19)25(33)30-26-22(16-29)21-14-9-18(15-24(21)37-26)17-7-5-4-6-8-17/h4-8,10-13,18,23H,3,9,14-15H2,1-2H3,(H-,30,31,33,34). The Bertz CT molecular complexity index is 1480. The number of hydrogen-bond donors (Lipinski definition) is 1. The van der Waals surface area contributed by atoms with Crippen LogP contribution in [0.5, 0.6) is 11.7 Å². The van der Waals surface area contributed by atoms with Crippen LogP contribution >= 0.6 is 23.1 Å². The molecule has 0 aliphatic heterocycles. The van der Waals surface area contributed by atoms with Crippen molar-refractivity contribution in [3.63, 3.8) is 0 Å². The zero-order valence-electron chi connectivity index (χ0n) is 21.0. The van der Waals surface area contributed by atoms with Crippen LogP contribution < -0.4 is 19.8 Å². The Morgan fingerprint density at radius 3 is 2.76 bits per heavy atom. The van der Waals surface area contributed by atoms with Crippen LogP contribution in [0.3, 0.4) is 0 Å². The monoisotopic (exact) mass is 546 g/mol. The molecule has 1 aliphatic rings. The van der Waals surface area contributed by atoms with E-state index in [-0.39, 0.29) is 10.9 Å². The van der Waals surface area contributed by atoms with Gasteiger partial charge in [-0.25, -0.2) is 0 Å². The first-order valence-corrected chi connectivity index (χ1v) is 14.0. The van der Waals surface area contributed by atoms with E-state index in [2.05, 4.69) is 40.9 Å². The van der Waals surface area contributed by atoms with Gasteiger partial charge in [0.2, 0.25) is 11.6 Å². The van der Waals surface area contributed by atoms with Crippen LogP contribution in [-0.2, 0) is 17.6 Å². The van der Waals surface area contributed by atoms with E-state index >= 15 is 0 Å². The molecule has 0 saturated carbocycles. The van der Waals surface area contributed by atoms with Gasteiger partial charge in [0.1, 0.15) is 16.8 Å². The van der Waals surface area contributed by atoms with E-state index in [9.17, 15) is 15.2 Å². The molecule has 1 amide bonds. The number of nitriles is 1. The average Bonchev–Trinajstić information content (AvgIpc) is 3.50. The van der Waals surface area contributed by atoms with Crippen LogP contribution in [0.15, 0.2) is 64.1 Å². The summed E-state index contributed by atoms with van der Waals surface area (Å²) in [6.07, 6.45) is 3.09. The molecule has 0 fully saturated rings. The highest BCUT2D eigenvalue weighted by Gasteiger charge is 2.31. The summed E-state index contributed by atoms with van der Waals surface area (Å²) >= 11 is 2.58. The third-order valence-corrected chi connectivity index (χ3v) is 9.26. The summed E-state index contributed by atoms with van der Waals surface area (Å²) in [5, 5.41) is 29.5. The third kappa shape index (κ3) is 5.12. The van der Waals surface area contributed by atoms with Crippen molar-refractivity contribution in [1.82, 2.24) is 5.27 Å². The number of thioether (sulfide) groups is 1.